The summed E-state index contributed by atoms with van der Waals surface area (Å²) in [4.78, 5) is 51.2. The van der Waals surface area contributed by atoms with Gasteiger partial charge in [-0.25, -0.2) is 9.59 Å². The molecule has 1 N–H and O–H groups in total. The highest BCUT2D eigenvalue weighted by Gasteiger charge is 2.51. The van der Waals surface area contributed by atoms with Crippen molar-refractivity contribution in [1.82, 2.24) is 0 Å². The fraction of sp³-hybridized carbons (Fsp3) is 0.652. The molecule has 2 aliphatic heterocycles. The van der Waals surface area contributed by atoms with Gasteiger partial charge in [-0.1, -0.05) is 19.1 Å². The average Bonchev–Trinajstić information content (AvgIpc) is 2.72. The fourth-order valence-electron chi connectivity index (χ4n) is 3.98. The van der Waals surface area contributed by atoms with E-state index >= 15 is 0 Å². The van der Waals surface area contributed by atoms with Gasteiger partial charge in [-0.15, -0.1) is 0 Å². The highest BCUT2D eigenvalue weighted by atomic mass is 16.6. The number of fused-ring (bicyclic) bond motifs is 2. The third-order valence-electron chi connectivity index (χ3n) is 6.13. The molecule has 0 aromatic carbocycles. The Kier molecular flexibility index (Phi) is 8.79. The minimum atomic E-state index is -1.91. The number of rotatable bonds is 2. The third kappa shape index (κ3) is 6.20. The van der Waals surface area contributed by atoms with Crippen molar-refractivity contribution in [3.63, 3.8) is 0 Å². The Hall–Kier alpha value is -2.72. The van der Waals surface area contributed by atoms with E-state index < -0.39 is 53.7 Å². The second-order valence-corrected chi connectivity index (χ2v) is 8.68. The molecule has 10 heteroatoms. The number of quaternary nitrogens is 1. The smallest absolute Gasteiger partial charge is 0.351 e. The average molecular weight is 468 g/mol. The highest BCUT2D eigenvalue weighted by molar-refractivity contribution is 5.91. The second-order valence-electron chi connectivity index (χ2n) is 8.68. The Morgan fingerprint density at radius 1 is 1.27 bits per heavy atom. The van der Waals surface area contributed by atoms with Crippen LogP contribution in [0.5, 0.6) is 0 Å². The zero-order chi connectivity index (χ0) is 24.9. The summed E-state index contributed by atoms with van der Waals surface area (Å²) in [7, 11) is 1.93. The minimum absolute atomic E-state index is 0.0649. The van der Waals surface area contributed by atoms with Crippen LogP contribution in [0.1, 0.15) is 41.0 Å². The molecule has 0 aromatic heterocycles. The van der Waals surface area contributed by atoms with Crippen LogP contribution in [0.2, 0.25) is 0 Å². The molecule has 0 saturated carbocycles. The molecule has 2 bridgehead atoms. The lowest BCUT2D eigenvalue weighted by molar-refractivity contribution is -0.874. The number of hydrogen-bond donors (Lipinski definition) is 1. The first kappa shape index (κ1) is 26.5. The molecule has 1 saturated heterocycles. The first-order chi connectivity index (χ1) is 15.4. The largest absolute Gasteiger partial charge is 0.846 e. The third-order valence-corrected chi connectivity index (χ3v) is 6.13. The van der Waals surface area contributed by atoms with Gasteiger partial charge in [-0.05, 0) is 25.5 Å². The summed E-state index contributed by atoms with van der Waals surface area (Å²) in [6.45, 7) is 7.45. The van der Waals surface area contributed by atoms with Crippen molar-refractivity contribution in [3.8, 4) is 0 Å². The Labute approximate surface area is 193 Å². The molecule has 6 unspecified atom stereocenters. The van der Waals surface area contributed by atoms with E-state index in [2.05, 4.69) is 0 Å². The molecule has 0 spiro atoms. The Balaban J connectivity index is 2.63. The molecule has 1 fully saturated rings. The number of cyclic esters (lactones) is 1. The van der Waals surface area contributed by atoms with E-state index in [0.29, 0.717) is 19.5 Å². The van der Waals surface area contributed by atoms with Gasteiger partial charge >= 0.3 is 23.9 Å². The number of ether oxygens (including phenoxy) is 4. The number of hydrogen-bond acceptors (Lipinski definition) is 9. The first-order valence-corrected chi connectivity index (χ1v) is 11.0. The van der Waals surface area contributed by atoms with E-state index in [9.17, 15) is 24.3 Å². The molecule has 33 heavy (non-hydrogen) atoms. The van der Waals surface area contributed by atoms with Gasteiger partial charge in [-0.3, -0.25) is 9.59 Å². The number of allylic oxidation sites excluding steroid dienone is 1. The van der Waals surface area contributed by atoms with Crippen LogP contribution in [0.4, 0.5) is 0 Å². The predicted molar refractivity (Wildman–Crippen MR) is 113 cm³/mol. The van der Waals surface area contributed by atoms with E-state index in [1.54, 1.807) is 13.0 Å². The zero-order valence-electron chi connectivity index (χ0n) is 20.0. The van der Waals surface area contributed by atoms with Gasteiger partial charge in [-0.2, -0.15) is 0 Å². The van der Waals surface area contributed by atoms with E-state index in [1.165, 1.54) is 19.9 Å². The Morgan fingerprint density at radius 3 is 2.52 bits per heavy atom. The van der Waals surface area contributed by atoms with Crippen molar-refractivity contribution in [1.29, 1.82) is 0 Å². The fourth-order valence-corrected chi connectivity index (χ4v) is 3.98. The maximum Gasteiger partial charge on any atom is 0.351 e. The second kappa shape index (κ2) is 10.9. The van der Waals surface area contributed by atoms with Crippen LogP contribution < -0.4 is 10.0 Å². The monoisotopic (exact) mass is 467 g/mol. The van der Waals surface area contributed by atoms with Crippen LogP contribution in [0.25, 0.3) is 0 Å². The van der Waals surface area contributed by atoms with Crippen molar-refractivity contribution >= 4 is 23.9 Å². The lowest BCUT2D eigenvalue weighted by Gasteiger charge is -2.40. The number of nitrogens with one attached hydrogen (secondary N) is 1. The molecule has 2 rings (SSSR count). The number of carbonyl (C=O) groups is 4. The first-order valence-electron chi connectivity index (χ1n) is 11.0. The molecular weight excluding hydrogens is 434 g/mol. The molecule has 184 valence electrons. The summed E-state index contributed by atoms with van der Waals surface area (Å²) in [6.07, 6.45) is -0.339. The van der Waals surface area contributed by atoms with E-state index in [1.807, 2.05) is 7.05 Å². The molecule has 2 aliphatic rings. The molecule has 6 atom stereocenters. The Morgan fingerprint density at radius 2 is 1.94 bits per heavy atom. The Bertz CT molecular complexity index is 849. The molecule has 0 amide bonds. The van der Waals surface area contributed by atoms with Crippen LogP contribution in [0.3, 0.4) is 0 Å². The van der Waals surface area contributed by atoms with Gasteiger partial charge < -0.3 is 29.0 Å². The highest BCUT2D eigenvalue weighted by Crippen LogP contribution is 2.33. The van der Waals surface area contributed by atoms with Gasteiger partial charge in [0.2, 0.25) is 5.60 Å². The zero-order valence-corrected chi connectivity index (χ0v) is 20.0. The summed E-state index contributed by atoms with van der Waals surface area (Å²) >= 11 is 0. The van der Waals surface area contributed by atoms with E-state index in [4.69, 9.17) is 18.9 Å². The van der Waals surface area contributed by atoms with Crippen LogP contribution in [0, 0.1) is 5.92 Å². The van der Waals surface area contributed by atoms with E-state index in [-0.39, 0.29) is 17.8 Å². The van der Waals surface area contributed by atoms with Gasteiger partial charge in [0, 0.05) is 26.2 Å². The maximum absolute atomic E-state index is 13.2. The van der Waals surface area contributed by atoms with Crippen molar-refractivity contribution in [3.05, 3.63) is 23.3 Å². The summed E-state index contributed by atoms with van der Waals surface area (Å²) in [5, 5.41) is 13.2. The molecule has 0 aromatic rings. The summed E-state index contributed by atoms with van der Waals surface area (Å²) in [5.41, 5.74) is -1.70. The minimum Gasteiger partial charge on any atom is -0.846 e. The summed E-state index contributed by atoms with van der Waals surface area (Å²) < 4.78 is 21.8. The van der Waals surface area contributed by atoms with Crippen molar-refractivity contribution in [2.45, 2.75) is 65.0 Å². The number of likely N-dealkylation sites (N-methyl/N-ethyl adjacent to an activating group) is 1. The topological polar surface area (TPSA) is 133 Å². The van der Waals surface area contributed by atoms with Crippen LogP contribution in [-0.4, -0.2) is 74.5 Å². The van der Waals surface area contributed by atoms with Gasteiger partial charge in [0.25, 0.3) is 0 Å². The molecule has 0 aliphatic carbocycles. The van der Waals surface area contributed by atoms with Crippen molar-refractivity contribution in [2.75, 3.05) is 26.7 Å². The van der Waals surface area contributed by atoms with Gasteiger partial charge in [0.05, 0.1) is 31.8 Å². The van der Waals surface area contributed by atoms with Crippen molar-refractivity contribution < 1.29 is 48.1 Å². The lowest BCUT2D eigenvalue weighted by atomic mass is 9.82. The number of esters is 4. The molecule has 10 nitrogen and oxygen atoms in total. The summed E-state index contributed by atoms with van der Waals surface area (Å²) in [6, 6.07) is 0. The van der Waals surface area contributed by atoms with Crippen LogP contribution in [-0.2, 0) is 38.1 Å². The summed E-state index contributed by atoms with van der Waals surface area (Å²) in [5.74, 6) is -4.25. The van der Waals surface area contributed by atoms with Gasteiger partial charge in [0.1, 0.15) is 12.7 Å². The van der Waals surface area contributed by atoms with Gasteiger partial charge in [0.15, 0.2) is 0 Å². The quantitative estimate of drug-likeness (QED) is 0.232. The lowest BCUT2D eigenvalue weighted by Crippen LogP contribution is -3.09. The standard InChI is InChI=1S/C23H32NO9/c1-7-17-20(31-14(3)25)13(2)23(5,33-15(4)26)22(29)30-12-16-8-10-24(6)11-9-18(19(16)27)32-21(17)28/h7-8,13,18-20H,9-12H2,1-6H3/q-1/p+1/b16-8-,17-7-. The van der Waals surface area contributed by atoms with E-state index in [0.717, 1.165) is 18.7 Å². The van der Waals surface area contributed by atoms with Crippen molar-refractivity contribution in [2.24, 2.45) is 5.92 Å². The normalized spacial score (nSPS) is 36.5. The number of carbonyl (C=O) groups excluding carboxylic acids is 4. The molecule has 2 heterocycles. The SMILES string of the molecule is C/C=C1\C(=O)OC2CC[NH+](C)C/C=C(/COC(=O)C(C)(OC(C)=O)C(C)C1OC(C)=O)C2[O-]. The molecular formula is C23H33NO9. The maximum atomic E-state index is 13.2. The predicted octanol–water partition coefficient (Wildman–Crippen LogP) is -1.14. The van der Waals surface area contributed by atoms with Crippen LogP contribution >= 0.6 is 0 Å². The van der Waals surface area contributed by atoms with Crippen LogP contribution in [0.15, 0.2) is 23.3 Å². The molecule has 0 radical (unpaired) electrons.